The molecule has 1 heterocycles. The normalized spacial score (nSPS) is 12.4. The molecule has 0 saturated heterocycles. The lowest BCUT2D eigenvalue weighted by atomic mass is 10.0. The molecule has 2 aromatic rings. The average Bonchev–Trinajstić information content (AvgIpc) is 2.40. The summed E-state index contributed by atoms with van der Waals surface area (Å²) in [7, 11) is 0. The minimum atomic E-state index is -0.627. The van der Waals surface area contributed by atoms with Crippen LogP contribution >= 0.6 is 23.2 Å². The quantitative estimate of drug-likeness (QED) is 0.917. The van der Waals surface area contributed by atoms with Crippen molar-refractivity contribution in [3.05, 3.63) is 63.9 Å². The van der Waals surface area contributed by atoms with Crippen molar-refractivity contribution in [3.8, 4) is 0 Å². The highest BCUT2D eigenvalue weighted by atomic mass is 35.5. The molecule has 2 rings (SSSR count). The molecule has 0 radical (unpaired) electrons. The van der Waals surface area contributed by atoms with Gasteiger partial charge in [-0.05, 0) is 43.2 Å². The Kier molecular flexibility index (Phi) is 4.59. The third-order valence-corrected chi connectivity index (χ3v) is 3.30. The van der Waals surface area contributed by atoms with Gasteiger partial charge in [0, 0.05) is 27.5 Å². The van der Waals surface area contributed by atoms with Crippen LogP contribution in [0.1, 0.15) is 23.8 Å². The van der Waals surface area contributed by atoms with E-state index in [1.54, 1.807) is 24.4 Å². The van der Waals surface area contributed by atoms with Crippen LogP contribution in [0.25, 0.3) is 0 Å². The van der Waals surface area contributed by atoms with E-state index in [0.717, 1.165) is 5.69 Å². The smallest absolute Gasteiger partial charge is 0.0808 e. The second-order valence-corrected chi connectivity index (χ2v) is 4.89. The second-order valence-electron chi connectivity index (χ2n) is 4.04. The highest BCUT2D eigenvalue weighted by Gasteiger charge is 2.12. The fourth-order valence-corrected chi connectivity index (χ4v) is 2.18. The molecular weight excluding hydrogens is 269 g/mol. The Morgan fingerprint density at radius 3 is 2.72 bits per heavy atom. The fourth-order valence-electron chi connectivity index (χ4n) is 1.76. The van der Waals surface area contributed by atoms with Crippen LogP contribution in [0.15, 0.2) is 42.6 Å². The summed E-state index contributed by atoms with van der Waals surface area (Å²) < 4.78 is 0. The summed E-state index contributed by atoms with van der Waals surface area (Å²) >= 11 is 11.9. The van der Waals surface area contributed by atoms with Crippen molar-refractivity contribution in [2.75, 3.05) is 0 Å². The summed E-state index contributed by atoms with van der Waals surface area (Å²) in [6.07, 6.45) is 2.38. The number of aliphatic hydroxyl groups excluding tert-OH is 1. The van der Waals surface area contributed by atoms with Crippen LogP contribution in [0.4, 0.5) is 0 Å². The summed E-state index contributed by atoms with van der Waals surface area (Å²) in [5.74, 6) is 0. The van der Waals surface area contributed by atoms with Crippen LogP contribution in [0.2, 0.25) is 10.0 Å². The molecule has 2 nitrogen and oxygen atoms in total. The van der Waals surface area contributed by atoms with Gasteiger partial charge < -0.3 is 5.11 Å². The number of halogens is 2. The lowest BCUT2D eigenvalue weighted by Crippen LogP contribution is -2.01. The van der Waals surface area contributed by atoms with E-state index in [1.165, 1.54) is 0 Å². The number of aromatic nitrogens is 1. The zero-order valence-electron chi connectivity index (χ0n) is 9.68. The van der Waals surface area contributed by atoms with Gasteiger partial charge in [-0.15, -0.1) is 0 Å². The van der Waals surface area contributed by atoms with E-state index in [-0.39, 0.29) is 0 Å². The van der Waals surface area contributed by atoms with E-state index in [2.05, 4.69) is 4.98 Å². The number of aryl methyl sites for hydroxylation is 1. The number of aliphatic hydroxyl groups is 1. The lowest BCUT2D eigenvalue weighted by Gasteiger charge is -2.12. The molecule has 1 N–H and O–H groups in total. The Morgan fingerprint density at radius 2 is 2.00 bits per heavy atom. The zero-order chi connectivity index (χ0) is 13.0. The molecule has 1 aromatic carbocycles. The maximum absolute atomic E-state index is 10.1. The molecule has 0 amide bonds. The van der Waals surface area contributed by atoms with Gasteiger partial charge in [0.2, 0.25) is 0 Å². The van der Waals surface area contributed by atoms with Crippen molar-refractivity contribution in [2.45, 2.75) is 18.9 Å². The van der Waals surface area contributed by atoms with E-state index >= 15 is 0 Å². The standard InChI is InChI=1S/C14H13Cl2NO/c15-10-4-6-13(16)12(9-10)14(18)7-5-11-3-1-2-8-17-11/h1-4,6,8-9,14,18H,5,7H2. The first-order valence-electron chi connectivity index (χ1n) is 5.70. The highest BCUT2D eigenvalue weighted by molar-refractivity contribution is 6.33. The third kappa shape index (κ3) is 3.45. The lowest BCUT2D eigenvalue weighted by molar-refractivity contribution is 0.167. The average molecular weight is 282 g/mol. The molecule has 4 heteroatoms. The van der Waals surface area contributed by atoms with Gasteiger partial charge in [-0.25, -0.2) is 0 Å². The first-order valence-corrected chi connectivity index (χ1v) is 6.45. The van der Waals surface area contributed by atoms with Gasteiger partial charge in [-0.1, -0.05) is 29.3 Å². The highest BCUT2D eigenvalue weighted by Crippen LogP contribution is 2.28. The van der Waals surface area contributed by atoms with Gasteiger partial charge in [0.05, 0.1) is 6.10 Å². The number of pyridine rings is 1. The maximum Gasteiger partial charge on any atom is 0.0808 e. The van der Waals surface area contributed by atoms with Gasteiger partial charge >= 0.3 is 0 Å². The molecule has 94 valence electrons. The second kappa shape index (κ2) is 6.19. The summed E-state index contributed by atoms with van der Waals surface area (Å²) in [4.78, 5) is 4.21. The van der Waals surface area contributed by atoms with Crippen molar-refractivity contribution >= 4 is 23.2 Å². The van der Waals surface area contributed by atoms with Crippen LogP contribution < -0.4 is 0 Å². The SMILES string of the molecule is OC(CCc1ccccn1)c1cc(Cl)ccc1Cl. The Bertz CT molecular complexity index is 516. The van der Waals surface area contributed by atoms with E-state index in [9.17, 15) is 5.11 Å². The van der Waals surface area contributed by atoms with Gasteiger partial charge in [0.25, 0.3) is 0 Å². The zero-order valence-corrected chi connectivity index (χ0v) is 11.2. The summed E-state index contributed by atoms with van der Waals surface area (Å²) in [5.41, 5.74) is 1.62. The predicted octanol–water partition coefficient (Wildman–Crippen LogP) is 4.05. The molecular formula is C14H13Cl2NO. The number of hydrogen-bond acceptors (Lipinski definition) is 2. The molecule has 0 aliphatic carbocycles. The Morgan fingerprint density at radius 1 is 1.17 bits per heavy atom. The van der Waals surface area contributed by atoms with Crippen molar-refractivity contribution in [2.24, 2.45) is 0 Å². The van der Waals surface area contributed by atoms with E-state index in [1.807, 2.05) is 18.2 Å². The van der Waals surface area contributed by atoms with E-state index < -0.39 is 6.10 Å². The molecule has 1 unspecified atom stereocenters. The van der Waals surface area contributed by atoms with Crippen molar-refractivity contribution in [1.82, 2.24) is 4.98 Å². The molecule has 0 bridgehead atoms. The molecule has 0 saturated carbocycles. The van der Waals surface area contributed by atoms with Crippen LogP contribution in [-0.2, 0) is 6.42 Å². The monoisotopic (exact) mass is 281 g/mol. The molecule has 1 atom stereocenters. The summed E-state index contributed by atoms with van der Waals surface area (Å²) in [6.45, 7) is 0. The van der Waals surface area contributed by atoms with Crippen LogP contribution in [0, 0.1) is 0 Å². The maximum atomic E-state index is 10.1. The van der Waals surface area contributed by atoms with E-state index in [0.29, 0.717) is 28.5 Å². The predicted molar refractivity (Wildman–Crippen MR) is 74.0 cm³/mol. The minimum absolute atomic E-state index is 0.535. The van der Waals surface area contributed by atoms with Crippen LogP contribution in [0.5, 0.6) is 0 Å². The molecule has 18 heavy (non-hydrogen) atoms. The summed E-state index contributed by atoms with van der Waals surface area (Å²) in [6, 6.07) is 10.8. The van der Waals surface area contributed by atoms with E-state index in [4.69, 9.17) is 23.2 Å². The van der Waals surface area contributed by atoms with Crippen molar-refractivity contribution in [1.29, 1.82) is 0 Å². The van der Waals surface area contributed by atoms with Gasteiger partial charge in [0.1, 0.15) is 0 Å². The summed E-state index contributed by atoms with van der Waals surface area (Å²) in [5, 5.41) is 11.2. The molecule has 0 spiro atoms. The van der Waals surface area contributed by atoms with Crippen molar-refractivity contribution in [3.63, 3.8) is 0 Å². The Balaban J connectivity index is 2.03. The van der Waals surface area contributed by atoms with Gasteiger partial charge in [0.15, 0.2) is 0 Å². The number of nitrogens with zero attached hydrogens (tertiary/aromatic N) is 1. The molecule has 0 fully saturated rings. The fraction of sp³-hybridized carbons (Fsp3) is 0.214. The minimum Gasteiger partial charge on any atom is -0.388 e. The Hall–Kier alpha value is -1.09. The number of benzene rings is 1. The molecule has 1 aromatic heterocycles. The van der Waals surface area contributed by atoms with Gasteiger partial charge in [-0.2, -0.15) is 0 Å². The van der Waals surface area contributed by atoms with Crippen molar-refractivity contribution < 1.29 is 5.11 Å². The first kappa shape index (κ1) is 13.3. The largest absolute Gasteiger partial charge is 0.388 e. The Labute approximate surface area is 116 Å². The van der Waals surface area contributed by atoms with Gasteiger partial charge in [-0.3, -0.25) is 4.98 Å². The number of hydrogen-bond donors (Lipinski definition) is 1. The van der Waals surface area contributed by atoms with Crippen LogP contribution in [-0.4, -0.2) is 10.1 Å². The number of rotatable bonds is 4. The topological polar surface area (TPSA) is 33.1 Å². The van der Waals surface area contributed by atoms with Crippen LogP contribution in [0.3, 0.4) is 0 Å². The third-order valence-electron chi connectivity index (χ3n) is 2.72. The molecule has 0 aliphatic rings. The molecule has 0 aliphatic heterocycles. The first-order chi connectivity index (χ1) is 8.66.